The molecule has 2 aromatic rings. The summed E-state index contributed by atoms with van der Waals surface area (Å²) in [5.41, 5.74) is 0. The van der Waals surface area contributed by atoms with Gasteiger partial charge in [0.15, 0.2) is 0 Å². The highest BCUT2D eigenvalue weighted by molar-refractivity contribution is 7.16. The molecule has 0 aliphatic carbocycles. The lowest BCUT2D eigenvalue weighted by Gasteiger charge is -2.12. The van der Waals surface area contributed by atoms with E-state index >= 15 is 0 Å². The zero-order valence-corrected chi connectivity index (χ0v) is 10.9. The average molecular weight is 273 g/mol. The number of nitrogens with one attached hydrogen (secondary N) is 1. The van der Waals surface area contributed by atoms with Gasteiger partial charge in [-0.3, -0.25) is 0 Å². The maximum absolute atomic E-state index is 5.89. The highest BCUT2D eigenvalue weighted by atomic mass is 35.5. The molecule has 5 heteroatoms. The van der Waals surface area contributed by atoms with Crippen LogP contribution in [-0.4, -0.2) is 4.98 Å². The summed E-state index contributed by atoms with van der Waals surface area (Å²) in [4.78, 5) is 5.34. The second-order valence-corrected chi connectivity index (χ2v) is 5.49. The van der Waals surface area contributed by atoms with Gasteiger partial charge in [-0.25, -0.2) is 4.98 Å². The van der Waals surface area contributed by atoms with E-state index in [4.69, 9.17) is 23.2 Å². The summed E-state index contributed by atoms with van der Waals surface area (Å²) in [5, 5.41) is 3.76. The van der Waals surface area contributed by atoms with E-state index < -0.39 is 0 Å². The summed E-state index contributed by atoms with van der Waals surface area (Å²) in [6, 6.07) is 9.58. The maximum Gasteiger partial charge on any atom is 0.131 e. The van der Waals surface area contributed by atoms with Gasteiger partial charge in [0.2, 0.25) is 0 Å². The molecule has 2 heterocycles. The molecule has 0 amide bonds. The molecule has 0 saturated heterocycles. The highest BCUT2D eigenvalue weighted by Gasteiger charge is 2.08. The van der Waals surface area contributed by atoms with Crippen LogP contribution in [0, 0.1) is 0 Å². The Morgan fingerprint density at radius 1 is 1.25 bits per heavy atom. The van der Waals surface area contributed by atoms with Gasteiger partial charge in [0.25, 0.3) is 0 Å². The normalized spacial score (nSPS) is 12.4. The summed E-state index contributed by atoms with van der Waals surface area (Å²) in [5.74, 6) is 0.768. The van der Waals surface area contributed by atoms with Crippen LogP contribution in [-0.2, 0) is 0 Å². The third kappa shape index (κ3) is 2.88. The predicted molar refractivity (Wildman–Crippen MR) is 70.6 cm³/mol. The van der Waals surface area contributed by atoms with Gasteiger partial charge < -0.3 is 5.32 Å². The number of pyridine rings is 1. The molecular formula is C11H10Cl2N2S. The van der Waals surface area contributed by atoms with Crippen molar-refractivity contribution in [2.75, 3.05) is 5.32 Å². The lowest BCUT2D eigenvalue weighted by molar-refractivity contribution is 0.897. The van der Waals surface area contributed by atoms with E-state index in [2.05, 4.69) is 17.2 Å². The average Bonchev–Trinajstić information content (AvgIpc) is 2.65. The fraction of sp³-hybridized carbons (Fsp3) is 0.182. The van der Waals surface area contributed by atoms with Gasteiger partial charge in [-0.05, 0) is 31.2 Å². The number of halogens is 2. The van der Waals surface area contributed by atoms with Crippen molar-refractivity contribution in [3.63, 3.8) is 0 Å². The quantitative estimate of drug-likeness (QED) is 0.825. The molecule has 84 valence electrons. The molecule has 0 radical (unpaired) electrons. The van der Waals surface area contributed by atoms with E-state index in [1.54, 1.807) is 17.4 Å². The minimum Gasteiger partial charge on any atom is -0.363 e. The fourth-order valence-corrected chi connectivity index (χ4v) is 2.57. The molecule has 0 aliphatic heterocycles. The van der Waals surface area contributed by atoms with Crippen LogP contribution in [0.15, 0.2) is 30.3 Å². The van der Waals surface area contributed by atoms with Crippen molar-refractivity contribution in [1.82, 2.24) is 4.98 Å². The van der Waals surface area contributed by atoms with Gasteiger partial charge in [-0.15, -0.1) is 11.3 Å². The standard InChI is InChI=1S/C11H10Cl2N2S/c1-7(8-5-6-10(13)16-8)14-11-4-2-3-9(12)15-11/h2-7H,1H3,(H,14,15). The molecule has 16 heavy (non-hydrogen) atoms. The maximum atomic E-state index is 5.89. The molecule has 0 saturated carbocycles. The number of nitrogens with zero attached hydrogens (tertiary/aromatic N) is 1. The minimum atomic E-state index is 0.170. The molecular weight excluding hydrogens is 263 g/mol. The topological polar surface area (TPSA) is 24.9 Å². The summed E-state index contributed by atoms with van der Waals surface area (Å²) in [7, 11) is 0. The van der Waals surface area contributed by atoms with Crippen molar-refractivity contribution in [2.24, 2.45) is 0 Å². The molecule has 2 aromatic heterocycles. The molecule has 1 atom stereocenters. The number of hydrogen-bond donors (Lipinski definition) is 1. The zero-order valence-electron chi connectivity index (χ0n) is 8.58. The van der Waals surface area contributed by atoms with Gasteiger partial charge in [0.1, 0.15) is 11.0 Å². The minimum absolute atomic E-state index is 0.170. The number of hydrogen-bond acceptors (Lipinski definition) is 3. The van der Waals surface area contributed by atoms with E-state index in [-0.39, 0.29) is 6.04 Å². The monoisotopic (exact) mass is 272 g/mol. The largest absolute Gasteiger partial charge is 0.363 e. The Labute approximate surface area is 108 Å². The highest BCUT2D eigenvalue weighted by Crippen LogP contribution is 2.28. The Hall–Kier alpha value is -0.770. The number of anilines is 1. The van der Waals surface area contributed by atoms with Gasteiger partial charge in [0, 0.05) is 4.88 Å². The van der Waals surface area contributed by atoms with Crippen molar-refractivity contribution in [2.45, 2.75) is 13.0 Å². The van der Waals surface area contributed by atoms with E-state index in [1.807, 2.05) is 24.3 Å². The van der Waals surface area contributed by atoms with Gasteiger partial charge in [-0.2, -0.15) is 0 Å². The first-order chi connectivity index (χ1) is 7.65. The van der Waals surface area contributed by atoms with Crippen LogP contribution >= 0.6 is 34.5 Å². The van der Waals surface area contributed by atoms with Crippen LogP contribution in [0.4, 0.5) is 5.82 Å². The van der Waals surface area contributed by atoms with Crippen molar-refractivity contribution >= 4 is 40.4 Å². The Balaban J connectivity index is 2.10. The van der Waals surface area contributed by atoms with Gasteiger partial charge in [-0.1, -0.05) is 29.3 Å². The Morgan fingerprint density at radius 3 is 2.69 bits per heavy atom. The predicted octanol–water partition coefficient (Wildman–Crippen LogP) is 4.62. The van der Waals surface area contributed by atoms with E-state index in [1.165, 1.54) is 4.88 Å². The molecule has 1 unspecified atom stereocenters. The third-order valence-electron chi connectivity index (χ3n) is 2.10. The molecule has 0 bridgehead atoms. The first-order valence-electron chi connectivity index (χ1n) is 4.79. The lowest BCUT2D eigenvalue weighted by Crippen LogP contribution is -2.05. The summed E-state index contributed by atoms with van der Waals surface area (Å²) in [6.45, 7) is 2.06. The molecule has 1 N–H and O–H groups in total. The van der Waals surface area contributed by atoms with E-state index in [0.717, 1.165) is 10.2 Å². The van der Waals surface area contributed by atoms with Crippen LogP contribution in [0.3, 0.4) is 0 Å². The summed E-state index contributed by atoms with van der Waals surface area (Å²) in [6.07, 6.45) is 0. The van der Waals surface area contributed by atoms with Crippen molar-refractivity contribution < 1.29 is 0 Å². The second-order valence-electron chi connectivity index (χ2n) is 3.35. The number of rotatable bonds is 3. The number of aromatic nitrogens is 1. The van der Waals surface area contributed by atoms with Crippen molar-refractivity contribution in [3.05, 3.63) is 44.7 Å². The Bertz CT molecular complexity index is 484. The Kier molecular flexibility index (Phi) is 3.69. The van der Waals surface area contributed by atoms with Gasteiger partial charge >= 0.3 is 0 Å². The summed E-state index contributed by atoms with van der Waals surface area (Å²) < 4.78 is 0.794. The zero-order chi connectivity index (χ0) is 11.5. The van der Waals surface area contributed by atoms with Crippen LogP contribution < -0.4 is 5.32 Å². The van der Waals surface area contributed by atoms with Crippen LogP contribution in [0.5, 0.6) is 0 Å². The molecule has 2 rings (SSSR count). The lowest BCUT2D eigenvalue weighted by atomic mass is 10.3. The first-order valence-corrected chi connectivity index (χ1v) is 6.37. The van der Waals surface area contributed by atoms with Crippen LogP contribution in [0.1, 0.15) is 17.8 Å². The first kappa shape index (κ1) is 11.7. The molecule has 0 aliphatic rings. The molecule has 0 aromatic carbocycles. The number of thiophene rings is 1. The molecule has 0 spiro atoms. The molecule has 2 nitrogen and oxygen atoms in total. The second kappa shape index (κ2) is 5.04. The molecule has 0 fully saturated rings. The fourth-order valence-electron chi connectivity index (χ4n) is 1.34. The SMILES string of the molecule is CC(Nc1cccc(Cl)n1)c1ccc(Cl)s1. The smallest absolute Gasteiger partial charge is 0.131 e. The van der Waals surface area contributed by atoms with Gasteiger partial charge in [0.05, 0.1) is 10.4 Å². The van der Waals surface area contributed by atoms with Crippen LogP contribution in [0.2, 0.25) is 9.49 Å². The third-order valence-corrected chi connectivity index (χ3v) is 3.72. The Morgan fingerprint density at radius 2 is 2.06 bits per heavy atom. The van der Waals surface area contributed by atoms with E-state index in [0.29, 0.717) is 5.15 Å². The van der Waals surface area contributed by atoms with Crippen molar-refractivity contribution in [1.29, 1.82) is 0 Å². The van der Waals surface area contributed by atoms with Crippen LogP contribution in [0.25, 0.3) is 0 Å². The van der Waals surface area contributed by atoms with Crippen molar-refractivity contribution in [3.8, 4) is 0 Å². The van der Waals surface area contributed by atoms with E-state index in [9.17, 15) is 0 Å². The summed E-state index contributed by atoms with van der Waals surface area (Å²) >= 11 is 13.3.